The molecule has 0 saturated carbocycles. The fourth-order valence-corrected chi connectivity index (χ4v) is 4.66. The van der Waals surface area contributed by atoms with Crippen molar-refractivity contribution in [2.75, 3.05) is 0 Å². The minimum atomic E-state index is -0.206. The summed E-state index contributed by atoms with van der Waals surface area (Å²) in [6.45, 7) is 5.04. The van der Waals surface area contributed by atoms with E-state index in [0.717, 1.165) is 34.0 Å². The Kier molecular flexibility index (Phi) is 7.37. The highest BCUT2D eigenvalue weighted by Gasteiger charge is 2.23. The summed E-state index contributed by atoms with van der Waals surface area (Å²) in [6, 6.07) is 40.1. The van der Waals surface area contributed by atoms with E-state index in [1.165, 1.54) is 11.1 Å². The highest BCUT2D eigenvalue weighted by molar-refractivity contribution is 5.59. The highest BCUT2D eigenvalue weighted by Crippen LogP contribution is 2.34. The first-order valence-electron chi connectivity index (χ1n) is 13.5. The lowest BCUT2D eigenvalue weighted by Gasteiger charge is -2.26. The predicted octanol–water partition coefficient (Wildman–Crippen LogP) is 8.48. The molecule has 6 aromatic rings. The van der Waals surface area contributed by atoms with Crippen LogP contribution in [-0.2, 0) is 18.6 Å². The van der Waals surface area contributed by atoms with Gasteiger partial charge in [0.1, 0.15) is 36.1 Å². The van der Waals surface area contributed by atoms with Crippen molar-refractivity contribution in [1.82, 2.24) is 10.3 Å². The Balaban J connectivity index is 1.04. The van der Waals surface area contributed by atoms with Gasteiger partial charge in [-0.3, -0.25) is 0 Å². The zero-order chi connectivity index (χ0) is 28.1. The number of rotatable bonds is 10. The second-order valence-corrected chi connectivity index (χ2v) is 10.3. The molecule has 6 heteroatoms. The van der Waals surface area contributed by atoms with Crippen molar-refractivity contribution in [1.29, 1.82) is 0 Å². The van der Waals surface area contributed by atoms with Gasteiger partial charge in [-0.15, -0.1) is 0 Å². The van der Waals surface area contributed by atoms with Crippen LogP contribution in [0.5, 0.6) is 11.5 Å². The largest absolute Gasteiger partial charge is 0.486 e. The minimum Gasteiger partial charge on any atom is -0.486 e. The smallest absolute Gasteiger partial charge is 0.174 e. The van der Waals surface area contributed by atoms with Gasteiger partial charge < -0.3 is 18.5 Å². The quantitative estimate of drug-likeness (QED) is 0.173. The number of benzene rings is 4. The average Bonchev–Trinajstić information content (AvgIpc) is 3.71. The second-order valence-electron chi connectivity index (χ2n) is 10.3. The molecule has 0 saturated heterocycles. The monoisotopic (exact) mass is 542 g/mol. The molecular weight excluding hydrogens is 512 g/mol. The summed E-state index contributed by atoms with van der Waals surface area (Å²) in [5.74, 6) is 2.90. The molecule has 41 heavy (non-hydrogen) atoms. The minimum absolute atomic E-state index is 0.206. The molecule has 2 aromatic heterocycles. The molecule has 0 atom stereocenters. The maximum Gasteiger partial charge on any atom is 0.174 e. The number of nitrogens with zero attached hydrogens (tertiary/aromatic N) is 2. The second kappa shape index (κ2) is 11.6. The summed E-state index contributed by atoms with van der Waals surface area (Å²) in [4.78, 5) is 0. The Morgan fingerprint density at radius 2 is 0.927 bits per heavy atom. The van der Waals surface area contributed by atoms with Crippen LogP contribution in [0.2, 0.25) is 0 Å². The summed E-state index contributed by atoms with van der Waals surface area (Å²) in [5.41, 5.74) is 5.78. The zero-order valence-corrected chi connectivity index (χ0v) is 23.0. The van der Waals surface area contributed by atoms with Crippen molar-refractivity contribution in [2.24, 2.45) is 0 Å². The van der Waals surface area contributed by atoms with Gasteiger partial charge in [-0.05, 0) is 35.4 Å². The van der Waals surface area contributed by atoms with Crippen LogP contribution in [0, 0.1) is 0 Å². The van der Waals surface area contributed by atoms with Gasteiger partial charge in [0.2, 0.25) is 0 Å². The Labute approximate surface area is 239 Å². The maximum atomic E-state index is 5.96. The first-order valence-corrected chi connectivity index (χ1v) is 13.5. The predicted molar refractivity (Wildman–Crippen MR) is 158 cm³/mol. The first-order chi connectivity index (χ1) is 20.0. The van der Waals surface area contributed by atoms with E-state index in [0.29, 0.717) is 24.7 Å². The third-order valence-corrected chi connectivity index (χ3v) is 7.17. The SMILES string of the molecule is CC(C)(c1ccc(OCc2cc(-c3ccccc3)no2)cc1)c1ccc(OCc2cc(-c3ccccc3)no2)cc1. The van der Waals surface area contributed by atoms with E-state index in [4.69, 9.17) is 18.5 Å². The Hall–Kier alpha value is -5.10. The molecule has 0 bridgehead atoms. The number of hydrogen-bond acceptors (Lipinski definition) is 6. The van der Waals surface area contributed by atoms with E-state index in [1.54, 1.807) is 0 Å². The van der Waals surface area contributed by atoms with Crippen LogP contribution < -0.4 is 9.47 Å². The molecular formula is C35H30N2O4. The molecule has 0 N–H and O–H groups in total. The molecule has 0 aliphatic rings. The van der Waals surface area contributed by atoms with Crippen LogP contribution in [0.25, 0.3) is 22.5 Å². The standard InChI is InChI=1S/C35H30N2O4/c1-35(2,27-13-17-29(18-14-27)38-23-31-21-33(36-40-31)25-9-5-3-6-10-25)28-15-19-30(20-16-28)39-24-32-22-34(37-41-32)26-11-7-4-8-12-26/h3-22H,23-24H2,1-2H3. The van der Waals surface area contributed by atoms with Crippen LogP contribution in [0.3, 0.4) is 0 Å². The van der Waals surface area contributed by atoms with E-state index in [9.17, 15) is 0 Å². The summed E-state index contributed by atoms with van der Waals surface area (Å²) in [7, 11) is 0. The molecule has 0 radical (unpaired) electrons. The fourth-order valence-electron chi connectivity index (χ4n) is 4.66. The van der Waals surface area contributed by atoms with E-state index >= 15 is 0 Å². The van der Waals surface area contributed by atoms with Crippen LogP contribution >= 0.6 is 0 Å². The molecule has 0 spiro atoms. The molecule has 2 heterocycles. The maximum absolute atomic E-state index is 5.96. The van der Waals surface area contributed by atoms with Crippen LogP contribution in [0.15, 0.2) is 130 Å². The van der Waals surface area contributed by atoms with Crippen molar-refractivity contribution in [3.63, 3.8) is 0 Å². The van der Waals surface area contributed by atoms with Gasteiger partial charge in [-0.1, -0.05) is 109 Å². The van der Waals surface area contributed by atoms with Gasteiger partial charge in [0.25, 0.3) is 0 Å². The van der Waals surface area contributed by atoms with Gasteiger partial charge in [-0.25, -0.2) is 0 Å². The van der Waals surface area contributed by atoms with Crippen molar-refractivity contribution >= 4 is 0 Å². The molecule has 0 aliphatic carbocycles. The lowest BCUT2D eigenvalue weighted by Crippen LogP contribution is -2.18. The van der Waals surface area contributed by atoms with E-state index < -0.39 is 0 Å². The Morgan fingerprint density at radius 3 is 1.32 bits per heavy atom. The van der Waals surface area contributed by atoms with Gasteiger partial charge in [0.15, 0.2) is 11.5 Å². The third-order valence-electron chi connectivity index (χ3n) is 7.17. The molecule has 204 valence electrons. The lowest BCUT2D eigenvalue weighted by molar-refractivity contribution is 0.249. The first kappa shape index (κ1) is 26.1. The highest BCUT2D eigenvalue weighted by atomic mass is 16.5. The topological polar surface area (TPSA) is 70.5 Å². The van der Waals surface area contributed by atoms with Crippen LogP contribution in [0.4, 0.5) is 0 Å². The van der Waals surface area contributed by atoms with Crippen LogP contribution in [0.1, 0.15) is 36.5 Å². The van der Waals surface area contributed by atoms with Crippen molar-refractivity contribution in [3.05, 3.63) is 144 Å². The van der Waals surface area contributed by atoms with Crippen molar-refractivity contribution in [3.8, 4) is 34.0 Å². The Bertz CT molecular complexity index is 1560. The van der Waals surface area contributed by atoms with Crippen molar-refractivity contribution in [2.45, 2.75) is 32.5 Å². The molecule has 0 fully saturated rings. The molecule has 6 rings (SSSR count). The van der Waals surface area contributed by atoms with Gasteiger partial charge in [0, 0.05) is 28.7 Å². The summed E-state index contributed by atoms with van der Waals surface area (Å²) < 4.78 is 22.8. The zero-order valence-electron chi connectivity index (χ0n) is 23.0. The van der Waals surface area contributed by atoms with Gasteiger partial charge >= 0.3 is 0 Å². The molecule has 0 amide bonds. The number of hydrogen-bond donors (Lipinski definition) is 0. The summed E-state index contributed by atoms with van der Waals surface area (Å²) >= 11 is 0. The summed E-state index contributed by atoms with van der Waals surface area (Å²) in [6.07, 6.45) is 0. The number of aromatic nitrogens is 2. The van der Waals surface area contributed by atoms with E-state index in [1.807, 2.05) is 97.1 Å². The van der Waals surface area contributed by atoms with Gasteiger partial charge in [-0.2, -0.15) is 0 Å². The number of ether oxygens (including phenoxy) is 2. The molecule has 0 unspecified atom stereocenters. The Morgan fingerprint density at radius 1 is 0.537 bits per heavy atom. The fraction of sp³-hybridized carbons (Fsp3) is 0.143. The molecule has 4 aromatic carbocycles. The van der Waals surface area contributed by atoms with E-state index in [2.05, 4.69) is 48.4 Å². The van der Waals surface area contributed by atoms with Crippen molar-refractivity contribution < 1.29 is 18.5 Å². The lowest BCUT2D eigenvalue weighted by atomic mass is 9.78. The molecule has 0 aliphatic heterocycles. The third kappa shape index (κ3) is 6.07. The van der Waals surface area contributed by atoms with E-state index in [-0.39, 0.29) is 5.41 Å². The normalized spacial score (nSPS) is 11.4. The average molecular weight is 543 g/mol. The van der Waals surface area contributed by atoms with Gasteiger partial charge in [0.05, 0.1) is 0 Å². The molecule has 6 nitrogen and oxygen atoms in total. The summed E-state index contributed by atoms with van der Waals surface area (Å²) in [5, 5.41) is 8.31. The van der Waals surface area contributed by atoms with Crippen LogP contribution in [-0.4, -0.2) is 10.3 Å².